The smallest absolute Gasteiger partial charge is 0.317 e. The predicted octanol–water partition coefficient (Wildman–Crippen LogP) is 1.95. The van der Waals surface area contributed by atoms with Crippen LogP contribution in [0.15, 0.2) is 36.8 Å². The van der Waals surface area contributed by atoms with E-state index in [1.54, 1.807) is 12.5 Å². The Morgan fingerprint density at radius 2 is 2.04 bits per heavy atom. The molecule has 7 heteroatoms. The van der Waals surface area contributed by atoms with Crippen LogP contribution in [0, 0.1) is 5.92 Å². The van der Waals surface area contributed by atoms with Gasteiger partial charge < -0.3 is 10.4 Å². The molecule has 126 valence electrons. The number of rotatable bonds is 6. The Hall–Kier alpha value is -2.54. The van der Waals surface area contributed by atoms with E-state index in [9.17, 15) is 4.79 Å². The Morgan fingerprint density at radius 1 is 1.21 bits per heavy atom. The Balaban J connectivity index is 1.55. The zero-order valence-corrected chi connectivity index (χ0v) is 13.4. The highest BCUT2D eigenvalue weighted by Gasteiger charge is 2.21. The maximum Gasteiger partial charge on any atom is 0.317 e. The maximum absolute atomic E-state index is 10.8. The summed E-state index contributed by atoms with van der Waals surface area (Å²) in [7, 11) is 0. The van der Waals surface area contributed by atoms with Gasteiger partial charge in [0.1, 0.15) is 18.0 Å². The molecule has 3 rings (SSSR count). The van der Waals surface area contributed by atoms with Crippen molar-refractivity contribution in [3.8, 4) is 0 Å². The number of hydrogen-bond acceptors (Lipinski definition) is 6. The van der Waals surface area contributed by atoms with Crippen LogP contribution in [0.2, 0.25) is 0 Å². The Kier molecular flexibility index (Phi) is 5.32. The van der Waals surface area contributed by atoms with Crippen molar-refractivity contribution in [1.29, 1.82) is 0 Å². The van der Waals surface area contributed by atoms with Gasteiger partial charge >= 0.3 is 5.97 Å². The molecule has 0 radical (unpaired) electrons. The molecular formula is C17H21N5O2. The third-order valence-electron chi connectivity index (χ3n) is 4.21. The predicted molar refractivity (Wildman–Crippen MR) is 90.1 cm³/mol. The number of aromatic nitrogens is 3. The molecule has 0 unspecified atom stereocenters. The minimum Gasteiger partial charge on any atom is -0.480 e. The van der Waals surface area contributed by atoms with Crippen LogP contribution in [-0.2, 0) is 11.2 Å². The standard InChI is InChI=1S/C17H21N5O2/c23-17(24)11-22-7-4-13(5-8-22)9-14-10-16(20-12-19-14)21-15-3-1-2-6-18-15/h1-3,6,10,12-13H,4-5,7-9,11H2,(H,23,24)(H,18,19,20,21). The molecule has 0 aromatic carbocycles. The van der Waals surface area contributed by atoms with Crippen LogP contribution in [0.25, 0.3) is 0 Å². The summed E-state index contributed by atoms with van der Waals surface area (Å²) in [6.07, 6.45) is 6.19. The highest BCUT2D eigenvalue weighted by atomic mass is 16.4. The summed E-state index contributed by atoms with van der Waals surface area (Å²) in [6.45, 7) is 1.81. The Morgan fingerprint density at radius 3 is 2.75 bits per heavy atom. The molecule has 2 aromatic heterocycles. The van der Waals surface area contributed by atoms with Crippen LogP contribution < -0.4 is 5.32 Å². The number of likely N-dealkylation sites (tertiary alicyclic amines) is 1. The molecule has 0 spiro atoms. The monoisotopic (exact) mass is 327 g/mol. The number of anilines is 2. The lowest BCUT2D eigenvalue weighted by Gasteiger charge is -2.30. The maximum atomic E-state index is 10.8. The topological polar surface area (TPSA) is 91.2 Å². The summed E-state index contributed by atoms with van der Waals surface area (Å²) in [5.41, 5.74) is 1.00. The van der Waals surface area contributed by atoms with Crippen LogP contribution in [0.3, 0.4) is 0 Å². The van der Waals surface area contributed by atoms with Gasteiger partial charge in [-0.15, -0.1) is 0 Å². The number of hydrogen-bond donors (Lipinski definition) is 2. The summed E-state index contributed by atoms with van der Waals surface area (Å²) in [5, 5.41) is 12.0. The minimum absolute atomic E-state index is 0.137. The van der Waals surface area contributed by atoms with Crippen molar-refractivity contribution in [2.24, 2.45) is 5.92 Å². The second-order valence-corrected chi connectivity index (χ2v) is 6.05. The van der Waals surface area contributed by atoms with Gasteiger partial charge in [0.25, 0.3) is 0 Å². The van der Waals surface area contributed by atoms with Crippen LogP contribution in [0.4, 0.5) is 11.6 Å². The summed E-state index contributed by atoms with van der Waals surface area (Å²) < 4.78 is 0. The van der Waals surface area contributed by atoms with Gasteiger partial charge in [0.2, 0.25) is 0 Å². The third-order valence-corrected chi connectivity index (χ3v) is 4.21. The van der Waals surface area contributed by atoms with E-state index in [0.717, 1.165) is 49.7 Å². The summed E-state index contributed by atoms with van der Waals surface area (Å²) in [4.78, 5) is 25.6. The van der Waals surface area contributed by atoms with Crippen LogP contribution in [0.5, 0.6) is 0 Å². The number of aliphatic carboxylic acids is 1. The van der Waals surface area contributed by atoms with Gasteiger partial charge in [0.15, 0.2) is 0 Å². The second-order valence-electron chi connectivity index (χ2n) is 6.05. The Labute approximate surface area is 140 Å². The third kappa shape index (κ3) is 4.73. The normalized spacial score (nSPS) is 16.0. The fourth-order valence-electron chi connectivity index (χ4n) is 2.98. The molecule has 2 N–H and O–H groups in total. The van der Waals surface area contributed by atoms with Crippen molar-refractivity contribution in [2.75, 3.05) is 25.0 Å². The van der Waals surface area contributed by atoms with E-state index in [4.69, 9.17) is 5.11 Å². The van der Waals surface area contributed by atoms with Crippen LogP contribution >= 0.6 is 0 Å². The number of carboxylic acid groups (broad SMARTS) is 1. The highest BCUT2D eigenvalue weighted by Crippen LogP contribution is 2.22. The molecule has 0 aliphatic carbocycles. The molecule has 1 aliphatic heterocycles. The largest absolute Gasteiger partial charge is 0.480 e. The first-order valence-corrected chi connectivity index (χ1v) is 8.12. The lowest BCUT2D eigenvalue weighted by atomic mass is 9.92. The van der Waals surface area contributed by atoms with E-state index in [-0.39, 0.29) is 6.54 Å². The van der Waals surface area contributed by atoms with Gasteiger partial charge in [-0.3, -0.25) is 9.69 Å². The quantitative estimate of drug-likeness (QED) is 0.838. The highest BCUT2D eigenvalue weighted by molar-refractivity contribution is 5.69. The molecule has 1 saturated heterocycles. The van der Waals surface area contributed by atoms with Gasteiger partial charge in [-0.25, -0.2) is 15.0 Å². The van der Waals surface area contributed by atoms with E-state index >= 15 is 0 Å². The fraction of sp³-hybridized carbons (Fsp3) is 0.412. The van der Waals surface area contributed by atoms with Crippen molar-refractivity contribution < 1.29 is 9.90 Å². The number of pyridine rings is 1. The lowest BCUT2D eigenvalue weighted by Crippen LogP contribution is -2.37. The molecule has 24 heavy (non-hydrogen) atoms. The second kappa shape index (κ2) is 7.83. The van der Waals surface area contributed by atoms with E-state index < -0.39 is 5.97 Å². The summed E-state index contributed by atoms with van der Waals surface area (Å²) in [5.74, 6) is 1.27. The summed E-state index contributed by atoms with van der Waals surface area (Å²) >= 11 is 0. The van der Waals surface area contributed by atoms with Crippen molar-refractivity contribution in [1.82, 2.24) is 19.9 Å². The number of piperidine rings is 1. The zero-order chi connectivity index (χ0) is 16.8. The van der Waals surface area contributed by atoms with Crippen molar-refractivity contribution in [3.05, 3.63) is 42.5 Å². The molecule has 2 aromatic rings. The van der Waals surface area contributed by atoms with E-state index in [2.05, 4.69) is 20.3 Å². The van der Waals surface area contributed by atoms with Crippen LogP contribution in [-0.4, -0.2) is 50.6 Å². The number of carbonyl (C=O) groups is 1. The number of nitrogens with zero attached hydrogens (tertiary/aromatic N) is 4. The van der Waals surface area contributed by atoms with Gasteiger partial charge in [-0.2, -0.15) is 0 Å². The average Bonchev–Trinajstić information content (AvgIpc) is 2.57. The van der Waals surface area contributed by atoms with E-state index in [1.165, 1.54) is 0 Å². The molecule has 7 nitrogen and oxygen atoms in total. The van der Waals surface area contributed by atoms with E-state index in [1.807, 2.05) is 29.2 Å². The van der Waals surface area contributed by atoms with Crippen molar-refractivity contribution in [2.45, 2.75) is 19.3 Å². The van der Waals surface area contributed by atoms with Crippen molar-refractivity contribution >= 4 is 17.6 Å². The number of nitrogens with one attached hydrogen (secondary N) is 1. The fourth-order valence-corrected chi connectivity index (χ4v) is 2.98. The number of carboxylic acids is 1. The molecule has 1 aliphatic rings. The van der Waals surface area contributed by atoms with Crippen molar-refractivity contribution in [3.63, 3.8) is 0 Å². The summed E-state index contributed by atoms with van der Waals surface area (Å²) in [6, 6.07) is 7.63. The minimum atomic E-state index is -0.755. The molecule has 0 saturated carbocycles. The molecular weight excluding hydrogens is 306 g/mol. The first-order valence-electron chi connectivity index (χ1n) is 8.12. The molecule has 0 amide bonds. The molecule has 1 fully saturated rings. The SMILES string of the molecule is O=C(O)CN1CCC(Cc2cc(Nc3ccccn3)ncn2)CC1. The first-order chi connectivity index (χ1) is 11.7. The molecule has 3 heterocycles. The first kappa shape index (κ1) is 16.3. The van der Waals surface area contributed by atoms with Gasteiger partial charge in [0, 0.05) is 18.0 Å². The van der Waals surface area contributed by atoms with Crippen LogP contribution in [0.1, 0.15) is 18.5 Å². The Bertz CT molecular complexity index is 672. The molecule has 0 atom stereocenters. The van der Waals surface area contributed by atoms with Gasteiger partial charge in [-0.1, -0.05) is 6.07 Å². The van der Waals surface area contributed by atoms with Gasteiger partial charge in [0.05, 0.1) is 6.54 Å². The molecule has 0 bridgehead atoms. The van der Waals surface area contributed by atoms with E-state index in [0.29, 0.717) is 5.92 Å². The average molecular weight is 327 g/mol. The van der Waals surface area contributed by atoms with Gasteiger partial charge in [-0.05, 0) is 50.4 Å². The lowest BCUT2D eigenvalue weighted by molar-refractivity contribution is -0.138. The zero-order valence-electron chi connectivity index (χ0n) is 13.4.